The standard InChI is InChI=1S/C14H13ClN4OS/c1-17-10-12(18(2)14(21)19(3)13(10)20)16-11(17)8-4-6-9(15)7-5-8/h4-7H,1-3H3. The Kier molecular flexibility index (Phi) is 3.22. The Balaban J connectivity index is 2.43. The smallest absolute Gasteiger partial charge is 0.280 e. The molecule has 0 spiro atoms. The molecule has 0 saturated carbocycles. The molecular formula is C14H13ClN4OS. The van der Waals surface area contributed by atoms with E-state index in [9.17, 15) is 4.79 Å². The number of imidazole rings is 1. The predicted octanol–water partition coefficient (Wildman–Crippen LogP) is 2.66. The third kappa shape index (κ3) is 2.02. The molecule has 0 atom stereocenters. The molecule has 0 saturated heterocycles. The quantitative estimate of drug-likeness (QED) is 0.648. The summed E-state index contributed by atoms with van der Waals surface area (Å²) in [7, 11) is 5.30. The second kappa shape index (κ2) is 4.82. The molecule has 0 aliphatic rings. The number of aromatic nitrogens is 4. The van der Waals surface area contributed by atoms with Crippen LogP contribution in [0.5, 0.6) is 0 Å². The Labute approximate surface area is 131 Å². The van der Waals surface area contributed by atoms with Crippen LogP contribution in [-0.4, -0.2) is 18.7 Å². The number of rotatable bonds is 1. The number of halogens is 1. The Morgan fingerprint density at radius 1 is 1.05 bits per heavy atom. The minimum atomic E-state index is -0.150. The first-order valence-corrected chi connectivity index (χ1v) is 7.09. The van der Waals surface area contributed by atoms with Crippen LogP contribution >= 0.6 is 23.8 Å². The normalized spacial score (nSPS) is 11.2. The van der Waals surface area contributed by atoms with Crippen molar-refractivity contribution >= 4 is 35.0 Å². The van der Waals surface area contributed by atoms with Crippen LogP contribution in [0.25, 0.3) is 22.6 Å². The van der Waals surface area contributed by atoms with Gasteiger partial charge in [-0.2, -0.15) is 0 Å². The maximum Gasteiger partial charge on any atom is 0.280 e. The third-order valence-electron chi connectivity index (χ3n) is 3.58. The van der Waals surface area contributed by atoms with Gasteiger partial charge in [-0.3, -0.25) is 9.36 Å². The van der Waals surface area contributed by atoms with E-state index in [4.69, 9.17) is 23.8 Å². The first kappa shape index (κ1) is 14.0. The summed E-state index contributed by atoms with van der Waals surface area (Å²) in [6, 6.07) is 7.35. The van der Waals surface area contributed by atoms with Crippen LogP contribution in [0.1, 0.15) is 0 Å². The van der Waals surface area contributed by atoms with Crippen molar-refractivity contribution in [2.75, 3.05) is 0 Å². The molecule has 0 amide bonds. The second-order valence-corrected chi connectivity index (χ2v) is 5.68. The Bertz CT molecular complexity index is 966. The van der Waals surface area contributed by atoms with Crippen LogP contribution in [0, 0.1) is 4.77 Å². The summed E-state index contributed by atoms with van der Waals surface area (Å²) in [5.41, 5.74) is 1.85. The van der Waals surface area contributed by atoms with Crippen LogP contribution in [0.15, 0.2) is 29.1 Å². The lowest BCUT2D eigenvalue weighted by atomic mass is 10.2. The molecule has 1 aromatic carbocycles. The van der Waals surface area contributed by atoms with Crippen molar-refractivity contribution in [1.82, 2.24) is 18.7 Å². The summed E-state index contributed by atoms with van der Waals surface area (Å²) in [5, 5.41) is 0.659. The van der Waals surface area contributed by atoms with E-state index in [0.29, 0.717) is 26.8 Å². The molecule has 3 aromatic rings. The molecule has 2 heterocycles. The van der Waals surface area contributed by atoms with Crippen molar-refractivity contribution in [1.29, 1.82) is 0 Å². The van der Waals surface area contributed by atoms with Crippen molar-refractivity contribution in [3.05, 3.63) is 44.4 Å². The van der Waals surface area contributed by atoms with Gasteiger partial charge in [0.1, 0.15) is 5.82 Å². The monoisotopic (exact) mass is 320 g/mol. The van der Waals surface area contributed by atoms with Crippen LogP contribution in [0.2, 0.25) is 5.02 Å². The average Bonchev–Trinajstić information content (AvgIpc) is 2.81. The van der Waals surface area contributed by atoms with Gasteiger partial charge >= 0.3 is 0 Å². The molecule has 0 bridgehead atoms. The molecule has 0 N–H and O–H groups in total. The van der Waals surface area contributed by atoms with Gasteiger partial charge in [0, 0.05) is 31.7 Å². The minimum Gasteiger partial charge on any atom is -0.321 e. The zero-order valence-electron chi connectivity index (χ0n) is 11.8. The fraction of sp³-hybridized carbons (Fsp3) is 0.214. The second-order valence-electron chi connectivity index (χ2n) is 4.88. The zero-order chi connectivity index (χ0) is 15.3. The van der Waals surface area contributed by atoms with Gasteiger partial charge in [0.25, 0.3) is 5.56 Å². The summed E-state index contributed by atoms with van der Waals surface area (Å²) in [4.78, 5) is 17.0. The number of fused-ring (bicyclic) bond motifs is 1. The first-order chi connectivity index (χ1) is 9.91. The Hall–Kier alpha value is -1.92. The summed E-state index contributed by atoms with van der Waals surface area (Å²) in [6.07, 6.45) is 0. The lowest BCUT2D eigenvalue weighted by Gasteiger charge is -2.05. The SMILES string of the molecule is Cn1c(=O)c2c(nc(-c3ccc(Cl)cc3)n2C)n(C)c1=S. The van der Waals surface area contributed by atoms with Gasteiger partial charge in [-0.1, -0.05) is 11.6 Å². The maximum absolute atomic E-state index is 12.4. The van der Waals surface area contributed by atoms with Gasteiger partial charge in [0.05, 0.1) is 0 Å². The Morgan fingerprint density at radius 3 is 2.29 bits per heavy atom. The fourth-order valence-electron chi connectivity index (χ4n) is 2.38. The molecule has 5 nitrogen and oxygen atoms in total. The molecule has 2 aromatic heterocycles. The Morgan fingerprint density at radius 2 is 1.67 bits per heavy atom. The molecule has 0 aliphatic heterocycles. The van der Waals surface area contributed by atoms with Crippen molar-refractivity contribution < 1.29 is 0 Å². The van der Waals surface area contributed by atoms with E-state index < -0.39 is 0 Å². The fourth-order valence-corrected chi connectivity index (χ4v) is 2.67. The zero-order valence-corrected chi connectivity index (χ0v) is 13.4. The van der Waals surface area contributed by atoms with E-state index in [1.54, 1.807) is 28.3 Å². The van der Waals surface area contributed by atoms with Gasteiger partial charge in [0.15, 0.2) is 15.9 Å². The summed E-state index contributed by atoms with van der Waals surface area (Å²) < 4.78 is 5.42. The van der Waals surface area contributed by atoms with Gasteiger partial charge in [-0.15, -0.1) is 0 Å². The van der Waals surface area contributed by atoms with Crippen molar-refractivity contribution in [2.24, 2.45) is 21.1 Å². The first-order valence-electron chi connectivity index (χ1n) is 6.30. The highest BCUT2D eigenvalue weighted by molar-refractivity contribution is 7.71. The average molecular weight is 321 g/mol. The van der Waals surface area contributed by atoms with Crippen molar-refractivity contribution in [2.45, 2.75) is 0 Å². The molecule has 0 fully saturated rings. The van der Waals surface area contributed by atoms with Crippen LogP contribution in [-0.2, 0) is 21.1 Å². The van der Waals surface area contributed by atoms with Gasteiger partial charge < -0.3 is 9.13 Å². The van der Waals surface area contributed by atoms with E-state index in [0.717, 1.165) is 5.56 Å². The number of nitrogens with zero attached hydrogens (tertiary/aromatic N) is 4. The van der Waals surface area contributed by atoms with E-state index >= 15 is 0 Å². The van der Waals surface area contributed by atoms with Crippen LogP contribution in [0.3, 0.4) is 0 Å². The molecule has 0 radical (unpaired) electrons. The summed E-state index contributed by atoms with van der Waals surface area (Å²) in [5.74, 6) is 0.704. The molecule has 21 heavy (non-hydrogen) atoms. The van der Waals surface area contributed by atoms with Crippen LogP contribution < -0.4 is 5.56 Å². The van der Waals surface area contributed by atoms with E-state index in [1.165, 1.54) is 4.57 Å². The van der Waals surface area contributed by atoms with E-state index in [1.807, 2.05) is 26.2 Å². The number of hydrogen-bond donors (Lipinski definition) is 0. The third-order valence-corrected chi connectivity index (χ3v) is 4.38. The number of aryl methyl sites for hydroxylation is 2. The largest absolute Gasteiger partial charge is 0.321 e. The molecule has 108 valence electrons. The van der Waals surface area contributed by atoms with Crippen molar-refractivity contribution in [3.8, 4) is 11.4 Å². The van der Waals surface area contributed by atoms with E-state index in [-0.39, 0.29) is 5.56 Å². The minimum absolute atomic E-state index is 0.150. The highest BCUT2D eigenvalue weighted by Gasteiger charge is 2.16. The summed E-state index contributed by atoms with van der Waals surface area (Å²) in [6.45, 7) is 0. The van der Waals surface area contributed by atoms with E-state index in [2.05, 4.69) is 4.98 Å². The molecule has 0 aliphatic carbocycles. The summed E-state index contributed by atoms with van der Waals surface area (Å²) >= 11 is 11.2. The lowest BCUT2D eigenvalue weighted by Crippen LogP contribution is -2.23. The van der Waals surface area contributed by atoms with Crippen molar-refractivity contribution in [3.63, 3.8) is 0 Å². The number of hydrogen-bond acceptors (Lipinski definition) is 3. The molecular weight excluding hydrogens is 308 g/mol. The van der Waals surface area contributed by atoms with Gasteiger partial charge in [-0.25, -0.2) is 4.98 Å². The topological polar surface area (TPSA) is 44.8 Å². The van der Waals surface area contributed by atoms with Crippen LogP contribution in [0.4, 0.5) is 0 Å². The van der Waals surface area contributed by atoms with Gasteiger partial charge in [0.2, 0.25) is 0 Å². The highest BCUT2D eigenvalue weighted by Crippen LogP contribution is 2.23. The lowest BCUT2D eigenvalue weighted by molar-refractivity contribution is 0.737. The van der Waals surface area contributed by atoms with Gasteiger partial charge in [-0.05, 0) is 36.5 Å². The maximum atomic E-state index is 12.4. The molecule has 3 rings (SSSR count). The number of benzene rings is 1. The predicted molar refractivity (Wildman–Crippen MR) is 86.2 cm³/mol. The molecule has 0 unspecified atom stereocenters. The molecule has 7 heteroatoms. The highest BCUT2D eigenvalue weighted by atomic mass is 35.5.